The van der Waals surface area contributed by atoms with E-state index < -0.39 is 10.0 Å². The van der Waals surface area contributed by atoms with Crippen LogP contribution in [0.15, 0.2) is 59.5 Å². The van der Waals surface area contributed by atoms with Crippen LogP contribution in [0.4, 0.5) is 5.69 Å². The van der Waals surface area contributed by atoms with Gasteiger partial charge in [0.25, 0.3) is 10.0 Å². The van der Waals surface area contributed by atoms with Gasteiger partial charge in [-0.25, -0.2) is 8.42 Å². The minimum absolute atomic E-state index is 0.156. The quantitative estimate of drug-likeness (QED) is 0.480. The van der Waals surface area contributed by atoms with Gasteiger partial charge in [-0.05, 0) is 106 Å². The Morgan fingerprint density at radius 2 is 1.35 bits per heavy atom. The van der Waals surface area contributed by atoms with Gasteiger partial charge in [-0.1, -0.05) is 35.9 Å². The molecule has 3 rings (SSSR count). The second-order valence-corrected chi connectivity index (χ2v) is 11.1. The monoisotopic (exact) mass is 478 g/mol. The van der Waals surface area contributed by atoms with Gasteiger partial charge in [0.15, 0.2) is 0 Å². The van der Waals surface area contributed by atoms with Gasteiger partial charge in [0.05, 0.1) is 16.6 Å². The van der Waals surface area contributed by atoms with Crippen LogP contribution < -0.4 is 9.62 Å². The number of anilines is 1. The minimum atomic E-state index is -3.95. The van der Waals surface area contributed by atoms with Crippen LogP contribution in [-0.2, 0) is 14.8 Å². The van der Waals surface area contributed by atoms with E-state index >= 15 is 0 Å². The Balaban J connectivity index is 1.95. The van der Waals surface area contributed by atoms with Gasteiger partial charge in [0.1, 0.15) is 6.54 Å². The van der Waals surface area contributed by atoms with Gasteiger partial charge in [-0.15, -0.1) is 0 Å². The second-order valence-electron chi connectivity index (χ2n) is 9.25. The van der Waals surface area contributed by atoms with Crippen LogP contribution in [0, 0.1) is 41.5 Å². The number of benzene rings is 3. The molecule has 0 aliphatic rings. The number of nitrogens with one attached hydrogen (secondary N) is 1. The Morgan fingerprint density at radius 1 is 0.794 bits per heavy atom. The van der Waals surface area contributed by atoms with E-state index in [0.717, 1.165) is 33.4 Å². The molecule has 0 spiro atoms. The highest BCUT2D eigenvalue weighted by Crippen LogP contribution is 2.27. The molecule has 0 heterocycles. The van der Waals surface area contributed by atoms with E-state index in [1.165, 1.54) is 9.87 Å². The van der Waals surface area contributed by atoms with Crippen LogP contribution in [0.3, 0.4) is 0 Å². The van der Waals surface area contributed by atoms with Crippen molar-refractivity contribution in [3.8, 4) is 0 Å². The van der Waals surface area contributed by atoms with Crippen LogP contribution >= 0.6 is 0 Å². The molecular formula is C28H34N2O3S. The highest BCUT2D eigenvalue weighted by atomic mass is 32.2. The average Bonchev–Trinajstić information content (AvgIpc) is 2.74. The molecule has 3 aromatic carbocycles. The van der Waals surface area contributed by atoms with Crippen LogP contribution in [0.5, 0.6) is 0 Å². The molecule has 0 aliphatic carbocycles. The molecular weight excluding hydrogens is 444 g/mol. The first kappa shape index (κ1) is 25.5. The number of hydrogen-bond donors (Lipinski definition) is 1. The first-order valence-corrected chi connectivity index (χ1v) is 12.9. The summed E-state index contributed by atoms with van der Waals surface area (Å²) < 4.78 is 28.5. The van der Waals surface area contributed by atoms with Crippen molar-refractivity contribution >= 4 is 21.6 Å². The zero-order valence-electron chi connectivity index (χ0n) is 21.1. The van der Waals surface area contributed by atoms with Crippen LogP contribution in [0.2, 0.25) is 0 Å². The highest BCUT2D eigenvalue weighted by molar-refractivity contribution is 7.92. The Bertz CT molecular complexity index is 1290. The van der Waals surface area contributed by atoms with Crippen molar-refractivity contribution in [3.05, 3.63) is 93.5 Å². The third-order valence-corrected chi connectivity index (χ3v) is 7.91. The van der Waals surface area contributed by atoms with E-state index in [1.807, 2.05) is 47.6 Å². The van der Waals surface area contributed by atoms with Gasteiger partial charge in [0.2, 0.25) is 5.91 Å². The number of sulfonamides is 1. The van der Waals surface area contributed by atoms with Crippen molar-refractivity contribution in [2.45, 2.75) is 59.4 Å². The summed E-state index contributed by atoms with van der Waals surface area (Å²) in [5.41, 5.74) is 7.77. The first-order valence-electron chi connectivity index (χ1n) is 11.4. The lowest BCUT2D eigenvalue weighted by atomic mass is 9.96. The number of carbonyl (C=O) groups is 1. The second kappa shape index (κ2) is 10.0. The fourth-order valence-corrected chi connectivity index (χ4v) is 5.60. The molecule has 34 heavy (non-hydrogen) atoms. The SMILES string of the molecule is Cc1ccc(S(=O)(=O)N(CC(=O)N[C@@H](C)c2cc(C)c(C)cc2C)c2cc(C)cc(C)c2)cc1. The van der Waals surface area contributed by atoms with Gasteiger partial charge in [-0.3, -0.25) is 9.10 Å². The molecule has 0 aliphatic heterocycles. The largest absolute Gasteiger partial charge is 0.348 e. The van der Waals surface area contributed by atoms with Gasteiger partial charge >= 0.3 is 0 Å². The van der Waals surface area contributed by atoms with Crippen molar-refractivity contribution in [1.29, 1.82) is 0 Å². The summed E-state index contributed by atoms with van der Waals surface area (Å²) in [5, 5.41) is 3.00. The lowest BCUT2D eigenvalue weighted by Crippen LogP contribution is -2.41. The maximum atomic E-state index is 13.6. The first-order chi connectivity index (χ1) is 15.9. The Hall–Kier alpha value is -3.12. The van der Waals surface area contributed by atoms with E-state index in [2.05, 4.69) is 24.4 Å². The maximum absolute atomic E-state index is 13.6. The maximum Gasteiger partial charge on any atom is 0.264 e. The summed E-state index contributed by atoms with van der Waals surface area (Å²) in [5.74, 6) is -0.361. The van der Waals surface area contributed by atoms with E-state index in [1.54, 1.807) is 36.4 Å². The normalized spacial score (nSPS) is 12.3. The number of aryl methyl sites for hydroxylation is 6. The number of rotatable bonds is 7. The molecule has 1 amide bonds. The molecule has 0 bridgehead atoms. The summed E-state index contributed by atoms with van der Waals surface area (Å²) in [6.45, 7) is 13.5. The molecule has 5 nitrogen and oxygen atoms in total. The molecule has 0 unspecified atom stereocenters. The summed E-state index contributed by atoms with van der Waals surface area (Å²) in [7, 11) is -3.95. The van der Waals surface area contributed by atoms with Crippen molar-refractivity contribution in [1.82, 2.24) is 5.32 Å². The zero-order valence-corrected chi connectivity index (χ0v) is 21.9. The predicted molar refractivity (Wildman–Crippen MR) is 139 cm³/mol. The van der Waals surface area contributed by atoms with Crippen molar-refractivity contribution in [2.75, 3.05) is 10.8 Å². The van der Waals surface area contributed by atoms with Gasteiger partial charge in [-0.2, -0.15) is 0 Å². The fourth-order valence-electron chi connectivity index (χ4n) is 4.19. The summed E-state index contributed by atoms with van der Waals surface area (Å²) in [6, 6.07) is 16.2. The van der Waals surface area contributed by atoms with Crippen LogP contribution in [0.25, 0.3) is 0 Å². The number of nitrogens with zero attached hydrogens (tertiary/aromatic N) is 1. The molecule has 0 fully saturated rings. The van der Waals surface area contributed by atoms with Crippen molar-refractivity contribution in [3.63, 3.8) is 0 Å². The third kappa shape index (κ3) is 5.68. The average molecular weight is 479 g/mol. The van der Waals surface area contributed by atoms with Crippen molar-refractivity contribution < 1.29 is 13.2 Å². The zero-order chi connectivity index (χ0) is 25.2. The number of carbonyl (C=O) groups excluding carboxylic acids is 1. The third-order valence-electron chi connectivity index (χ3n) is 6.12. The van der Waals surface area contributed by atoms with E-state index in [-0.39, 0.29) is 23.4 Å². The lowest BCUT2D eigenvalue weighted by molar-refractivity contribution is -0.120. The van der Waals surface area contributed by atoms with Crippen molar-refractivity contribution in [2.24, 2.45) is 0 Å². The van der Waals surface area contributed by atoms with Crippen LogP contribution in [0.1, 0.15) is 51.9 Å². The standard InChI is InChI=1S/C28H34N2O3S/c1-18-8-10-26(11-9-18)34(32,33)30(25-13-19(2)12-20(3)14-25)17-28(31)29-24(7)27-16-22(5)21(4)15-23(27)6/h8-16,24H,17H2,1-7H3,(H,29,31)/t24-/m0/s1. The molecule has 3 aromatic rings. The van der Waals surface area contributed by atoms with Crippen LogP contribution in [-0.4, -0.2) is 20.9 Å². The topological polar surface area (TPSA) is 66.5 Å². The van der Waals surface area contributed by atoms with Gasteiger partial charge < -0.3 is 5.32 Å². The summed E-state index contributed by atoms with van der Waals surface area (Å²) in [4.78, 5) is 13.3. The molecule has 6 heteroatoms. The highest BCUT2D eigenvalue weighted by Gasteiger charge is 2.28. The molecule has 180 valence electrons. The summed E-state index contributed by atoms with van der Waals surface area (Å²) in [6.07, 6.45) is 0. The predicted octanol–water partition coefficient (Wildman–Crippen LogP) is 5.61. The molecule has 0 aromatic heterocycles. The van der Waals surface area contributed by atoms with E-state index in [0.29, 0.717) is 5.69 Å². The molecule has 0 saturated carbocycles. The van der Waals surface area contributed by atoms with E-state index in [9.17, 15) is 13.2 Å². The summed E-state index contributed by atoms with van der Waals surface area (Å²) >= 11 is 0. The number of amides is 1. The van der Waals surface area contributed by atoms with Gasteiger partial charge in [0, 0.05) is 0 Å². The molecule has 0 saturated heterocycles. The Kier molecular flexibility index (Phi) is 7.51. The molecule has 1 N–H and O–H groups in total. The Morgan fingerprint density at radius 3 is 1.94 bits per heavy atom. The Labute approximate surface area is 203 Å². The lowest BCUT2D eigenvalue weighted by Gasteiger charge is -2.26. The smallest absolute Gasteiger partial charge is 0.264 e. The fraction of sp³-hybridized carbons (Fsp3) is 0.321. The number of hydrogen-bond acceptors (Lipinski definition) is 3. The molecule has 0 radical (unpaired) electrons. The van der Waals surface area contributed by atoms with E-state index in [4.69, 9.17) is 0 Å². The minimum Gasteiger partial charge on any atom is -0.348 e. The molecule has 1 atom stereocenters.